The van der Waals surface area contributed by atoms with Crippen molar-refractivity contribution >= 4 is 56.1 Å². The molecule has 16 heteroatoms. The van der Waals surface area contributed by atoms with E-state index in [1.54, 1.807) is 45.9 Å². The maximum Gasteiger partial charge on any atom is 0.407 e. The third kappa shape index (κ3) is 8.10. The maximum absolute atomic E-state index is 13.9. The van der Waals surface area contributed by atoms with E-state index in [-0.39, 0.29) is 23.8 Å². The molecule has 1 fully saturated rings. The Bertz CT molecular complexity index is 2470. The number of nitrogens with one attached hydrogen (secondary N) is 4. The van der Waals surface area contributed by atoms with Gasteiger partial charge >= 0.3 is 12.2 Å². The lowest BCUT2D eigenvalue weighted by Gasteiger charge is -2.30. The van der Waals surface area contributed by atoms with Crippen LogP contribution < -0.4 is 10.6 Å². The number of thiophene rings is 2. The minimum atomic E-state index is -0.917. The van der Waals surface area contributed by atoms with Crippen LogP contribution in [-0.2, 0) is 19.1 Å². The number of hydrogen-bond acceptors (Lipinski definition) is 10. The fourth-order valence-electron chi connectivity index (χ4n) is 7.64. The number of likely N-dealkylation sites (tertiary alicyclic amines) is 1. The molecule has 0 spiro atoms. The van der Waals surface area contributed by atoms with Crippen LogP contribution in [0.4, 0.5) is 9.59 Å². The quantitative estimate of drug-likeness (QED) is 0.0951. The molecule has 304 valence electrons. The fraction of sp³-hybridized carbons (Fsp3) is 0.302. The van der Waals surface area contributed by atoms with E-state index >= 15 is 0 Å². The average molecular weight is 833 g/mol. The van der Waals surface area contributed by atoms with Gasteiger partial charge in [-0.15, -0.1) is 22.7 Å². The molecule has 2 aromatic carbocycles. The lowest BCUT2D eigenvalue weighted by atomic mass is 10.0. The summed E-state index contributed by atoms with van der Waals surface area (Å²) in [5, 5.41) is 5.39. The van der Waals surface area contributed by atoms with Crippen LogP contribution in [0.5, 0.6) is 0 Å². The molecule has 4 amide bonds. The molecule has 1 saturated heterocycles. The number of carbonyl (C=O) groups excluding carboxylic acids is 4. The Labute approximate surface area is 348 Å². The highest BCUT2D eigenvalue weighted by atomic mass is 32.1. The van der Waals surface area contributed by atoms with Gasteiger partial charge in [-0.1, -0.05) is 80.6 Å². The molecule has 6 aromatic rings. The van der Waals surface area contributed by atoms with Crippen LogP contribution in [0.3, 0.4) is 0 Å². The lowest BCUT2D eigenvalue weighted by molar-refractivity contribution is -0.135. The zero-order chi connectivity index (χ0) is 41.2. The second kappa shape index (κ2) is 16.9. The third-order valence-corrected chi connectivity index (χ3v) is 13.1. The number of aromatic nitrogens is 4. The molecule has 4 N–H and O–H groups in total. The van der Waals surface area contributed by atoms with E-state index in [9.17, 15) is 19.2 Å². The second-order valence-electron chi connectivity index (χ2n) is 14.8. The summed E-state index contributed by atoms with van der Waals surface area (Å²) < 4.78 is 11.9. The molecule has 14 nitrogen and oxygen atoms in total. The number of ether oxygens (including phenoxy) is 2. The molecule has 2 aliphatic rings. The van der Waals surface area contributed by atoms with Crippen LogP contribution in [0, 0.1) is 5.92 Å². The SMILES string of the molecule is COC(=O)N[C@H](C(=O)N1CCCC1c1ncc(-c2cc3sc(-c4ccc(-c5cnc(C6C=CCN6C(=O)[C@H](NC(=O)OC)c6ccccc6)[nH]5)cc4)cc3s2)[nH]1)C(C)C. The van der Waals surface area contributed by atoms with Crippen molar-refractivity contribution in [3.05, 3.63) is 108 Å². The molecular formula is C43H44N8O6S2. The molecular weight excluding hydrogens is 789 g/mol. The number of aromatic amines is 2. The summed E-state index contributed by atoms with van der Waals surface area (Å²) >= 11 is 3.42. The van der Waals surface area contributed by atoms with Crippen LogP contribution >= 0.6 is 22.7 Å². The molecule has 0 bridgehead atoms. The number of alkyl carbamates (subject to hydrolysis) is 2. The van der Waals surface area contributed by atoms with Gasteiger partial charge in [0.05, 0.1) is 48.9 Å². The number of rotatable bonds is 11. The van der Waals surface area contributed by atoms with Gasteiger partial charge < -0.3 is 39.9 Å². The van der Waals surface area contributed by atoms with Gasteiger partial charge in [0.1, 0.15) is 29.8 Å². The van der Waals surface area contributed by atoms with Gasteiger partial charge in [-0.05, 0) is 47.6 Å². The standard InChI is InChI=1S/C43H44N8O6S2/c1-24(2)36(48-42(54)56-3)40(52)50-18-8-13-31(50)39-45-23-29(47-39)33-21-35-34(59-33)20-32(58-35)26-16-14-25(15-17-26)28-22-44-38(46-28)30-12-9-19-51(30)41(53)37(49-43(55)57-4)27-10-6-5-7-11-27/h5-7,9-12,14-17,20-24,30-31,36-37H,8,13,18-19H2,1-4H3,(H,44,46)(H,45,47)(H,48,54)(H,49,55)/t30?,31?,36-,37+/m0/s1. The van der Waals surface area contributed by atoms with Crippen LogP contribution in [0.2, 0.25) is 0 Å². The predicted octanol–water partition coefficient (Wildman–Crippen LogP) is 7.99. The lowest BCUT2D eigenvalue weighted by Crippen LogP contribution is -2.51. The average Bonchev–Trinajstić information content (AvgIpc) is 4.10. The first kappa shape index (κ1) is 39.6. The number of amides is 4. The number of benzene rings is 2. The molecule has 0 saturated carbocycles. The number of H-pyrrole nitrogens is 2. The van der Waals surface area contributed by atoms with E-state index in [0.717, 1.165) is 50.9 Å². The van der Waals surface area contributed by atoms with Crippen LogP contribution in [0.15, 0.2) is 91.3 Å². The smallest absolute Gasteiger partial charge is 0.407 e. The van der Waals surface area contributed by atoms with Crippen molar-refractivity contribution in [2.24, 2.45) is 5.92 Å². The summed E-state index contributed by atoms with van der Waals surface area (Å²) in [5.74, 6) is 0.851. The Balaban J connectivity index is 0.937. The van der Waals surface area contributed by atoms with Crippen LogP contribution in [0.25, 0.3) is 41.7 Å². The highest BCUT2D eigenvalue weighted by Crippen LogP contribution is 2.42. The highest BCUT2D eigenvalue weighted by molar-refractivity contribution is 7.31. The molecule has 0 radical (unpaired) electrons. The number of carbonyl (C=O) groups is 4. The number of nitrogens with zero attached hydrogens (tertiary/aromatic N) is 4. The van der Waals surface area contributed by atoms with Crippen molar-refractivity contribution in [3.63, 3.8) is 0 Å². The van der Waals surface area contributed by atoms with Gasteiger partial charge in [0.25, 0.3) is 5.91 Å². The second-order valence-corrected chi connectivity index (χ2v) is 16.9. The van der Waals surface area contributed by atoms with Crippen LogP contribution in [-0.4, -0.2) is 87.1 Å². The Morgan fingerprint density at radius 3 is 2.15 bits per heavy atom. The summed E-state index contributed by atoms with van der Waals surface area (Å²) in [6, 6.07) is 19.6. The molecule has 59 heavy (non-hydrogen) atoms. The zero-order valence-corrected chi connectivity index (χ0v) is 34.6. The van der Waals surface area contributed by atoms with Gasteiger partial charge in [0.2, 0.25) is 5.91 Å². The van der Waals surface area contributed by atoms with E-state index in [1.807, 2.05) is 55.3 Å². The first-order chi connectivity index (χ1) is 28.6. The predicted molar refractivity (Wildman–Crippen MR) is 226 cm³/mol. The number of hydrogen-bond donors (Lipinski definition) is 4. The summed E-state index contributed by atoms with van der Waals surface area (Å²) in [5.41, 5.74) is 4.44. The van der Waals surface area contributed by atoms with Crippen molar-refractivity contribution in [1.82, 2.24) is 40.4 Å². The third-order valence-electron chi connectivity index (χ3n) is 10.7. The monoisotopic (exact) mass is 832 g/mol. The molecule has 4 aromatic heterocycles. The molecule has 8 rings (SSSR count). The van der Waals surface area contributed by atoms with Gasteiger partial charge in [-0.2, -0.15) is 0 Å². The van der Waals surface area contributed by atoms with Crippen molar-refractivity contribution in [2.75, 3.05) is 27.3 Å². The van der Waals surface area contributed by atoms with Crippen molar-refractivity contribution in [2.45, 2.75) is 50.9 Å². The first-order valence-electron chi connectivity index (χ1n) is 19.4. The number of methoxy groups -OCH3 is 2. The van der Waals surface area contributed by atoms with Crippen molar-refractivity contribution < 1.29 is 28.7 Å². The summed E-state index contributed by atoms with van der Waals surface area (Å²) in [6.07, 6.45) is 7.80. The van der Waals surface area contributed by atoms with Crippen LogP contribution in [0.1, 0.15) is 62.0 Å². The fourth-order valence-corrected chi connectivity index (χ4v) is 10.0. The van der Waals surface area contributed by atoms with Gasteiger partial charge in [-0.25, -0.2) is 19.6 Å². The number of imidazole rings is 2. The molecule has 0 aliphatic carbocycles. The molecule has 4 atom stereocenters. The maximum atomic E-state index is 13.9. The Morgan fingerprint density at radius 1 is 0.780 bits per heavy atom. The normalized spacial score (nSPS) is 17.4. The largest absolute Gasteiger partial charge is 0.453 e. The van der Waals surface area contributed by atoms with Gasteiger partial charge in [0.15, 0.2) is 0 Å². The minimum absolute atomic E-state index is 0.104. The number of fused-ring (bicyclic) bond motifs is 1. The Morgan fingerprint density at radius 2 is 1.42 bits per heavy atom. The summed E-state index contributed by atoms with van der Waals surface area (Å²) in [4.78, 5) is 73.6. The molecule has 2 unspecified atom stereocenters. The van der Waals surface area contributed by atoms with E-state index in [4.69, 9.17) is 14.5 Å². The Kier molecular flexibility index (Phi) is 11.3. The first-order valence-corrected chi connectivity index (χ1v) is 21.0. The van der Waals surface area contributed by atoms with Crippen molar-refractivity contribution in [1.29, 1.82) is 0 Å². The highest BCUT2D eigenvalue weighted by Gasteiger charge is 2.38. The summed E-state index contributed by atoms with van der Waals surface area (Å²) in [7, 11) is 2.56. The van der Waals surface area contributed by atoms with Gasteiger partial charge in [-0.3, -0.25) is 9.59 Å². The molecule has 6 heterocycles. The van der Waals surface area contributed by atoms with E-state index < -0.39 is 30.3 Å². The van der Waals surface area contributed by atoms with E-state index in [1.165, 1.54) is 23.6 Å². The van der Waals surface area contributed by atoms with Crippen molar-refractivity contribution in [3.8, 4) is 32.3 Å². The summed E-state index contributed by atoms with van der Waals surface area (Å²) in [6.45, 7) is 4.78. The Hall–Kier alpha value is -6.26. The van der Waals surface area contributed by atoms with E-state index in [2.05, 4.69) is 62.0 Å². The minimum Gasteiger partial charge on any atom is -0.453 e. The molecule has 2 aliphatic heterocycles. The van der Waals surface area contributed by atoms with E-state index in [0.29, 0.717) is 24.5 Å². The zero-order valence-electron chi connectivity index (χ0n) is 32.9. The topological polar surface area (TPSA) is 175 Å². The van der Waals surface area contributed by atoms with Gasteiger partial charge in [0, 0.05) is 27.4 Å².